The molecule has 0 radical (unpaired) electrons. The lowest BCUT2D eigenvalue weighted by Crippen LogP contribution is -2.46. The number of nitrogens with zero attached hydrogens (tertiary/aromatic N) is 1. The highest BCUT2D eigenvalue weighted by atomic mass is 32.2. The van der Waals surface area contributed by atoms with Gasteiger partial charge in [-0.15, -0.1) is 0 Å². The quantitative estimate of drug-likeness (QED) is 0.834. The molecule has 0 aliphatic carbocycles. The number of nitrogens with one attached hydrogen (secondary N) is 2. The number of carbonyl (C=O) groups excluding carboxylic acids is 1. The van der Waals surface area contributed by atoms with Gasteiger partial charge in [0.25, 0.3) is 0 Å². The van der Waals surface area contributed by atoms with Crippen LogP contribution in [0.5, 0.6) is 0 Å². The molecule has 1 aromatic carbocycles. The average Bonchev–Trinajstić information content (AvgIpc) is 2.47. The Morgan fingerprint density at radius 2 is 1.80 bits per heavy atom. The van der Waals surface area contributed by atoms with Gasteiger partial charge in [0.05, 0.1) is 12.8 Å². The molecule has 0 saturated carbocycles. The fraction of sp³-hybridized carbons (Fsp3) is 0.611. The first-order valence-electron chi connectivity index (χ1n) is 8.63. The van der Waals surface area contributed by atoms with E-state index >= 15 is 0 Å². The molecule has 25 heavy (non-hydrogen) atoms. The van der Waals surface area contributed by atoms with Crippen LogP contribution in [0.1, 0.15) is 39.2 Å². The SMILES string of the molecule is CC(C)(C)c1ccccc1NC(=O)CN1CCC(NS(C)(=O)=O)CC1. The lowest BCUT2D eigenvalue weighted by atomic mass is 9.86. The first kappa shape index (κ1) is 19.9. The van der Waals surface area contributed by atoms with Crippen molar-refractivity contribution in [3.05, 3.63) is 29.8 Å². The number of rotatable bonds is 5. The molecule has 1 heterocycles. The summed E-state index contributed by atoms with van der Waals surface area (Å²) < 4.78 is 25.2. The van der Waals surface area contributed by atoms with Gasteiger partial charge in [-0.05, 0) is 29.9 Å². The molecule has 6 nitrogen and oxygen atoms in total. The maximum absolute atomic E-state index is 12.4. The zero-order valence-electron chi connectivity index (χ0n) is 15.5. The zero-order chi connectivity index (χ0) is 18.7. The number of amides is 1. The summed E-state index contributed by atoms with van der Waals surface area (Å²) in [5.74, 6) is -0.0359. The maximum atomic E-state index is 12.4. The summed E-state index contributed by atoms with van der Waals surface area (Å²) in [5, 5.41) is 3.02. The topological polar surface area (TPSA) is 78.5 Å². The third kappa shape index (κ3) is 6.41. The Kier molecular flexibility index (Phi) is 6.24. The van der Waals surface area contributed by atoms with Crippen molar-refractivity contribution in [3.63, 3.8) is 0 Å². The van der Waals surface area contributed by atoms with Crippen molar-refractivity contribution in [2.24, 2.45) is 0 Å². The molecule has 1 aliphatic heterocycles. The Morgan fingerprint density at radius 1 is 1.20 bits per heavy atom. The van der Waals surface area contributed by atoms with E-state index in [0.29, 0.717) is 19.6 Å². The highest BCUT2D eigenvalue weighted by Gasteiger charge is 2.24. The van der Waals surface area contributed by atoms with E-state index in [1.807, 2.05) is 24.3 Å². The molecular weight excluding hydrogens is 338 g/mol. The van der Waals surface area contributed by atoms with Crippen LogP contribution in [0, 0.1) is 0 Å². The smallest absolute Gasteiger partial charge is 0.238 e. The fourth-order valence-electron chi connectivity index (χ4n) is 3.15. The van der Waals surface area contributed by atoms with E-state index < -0.39 is 10.0 Å². The molecule has 0 atom stereocenters. The number of carbonyl (C=O) groups is 1. The van der Waals surface area contributed by atoms with Crippen LogP contribution in [-0.4, -0.2) is 51.2 Å². The summed E-state index contributed by atoms with van der Waals surface area (Å²) in [6, 6.07) is 7.85. The van der Waals surface area contributed by atoms with E-state index in [4.69, 9.17) is 0 Å². The number of benzene rings is 1. The maximum Gasteiger partial charge on any atom is 0.238 e. The van der Waals surface area contributed by atoms with Crippen LogP contribution in [0.3, 0.4) is 0 Å². The van der Waals surface area contributed by atoms with Gasteiger partial charge in [0.2, 0.25) is 15.9 Å². The van der Waals surface area contributed by atoms with Crippen molar-refractivity contribution in [2.45, 2.75) is 45.1 Å². The van der Waals surface area contributed by atoms with Crippen molar-refractivity contribution in [2.75, 3.05) is 31.2 Å². The van der Waals surface area contributed by atoms with Crippen LogP contribution in [0.25, 0.3) is 0 Å². The molecule has 0 aromatic heterocycles. The zero-order valence-corrected chi connectivity index (χ0v) is 16.3. The highest BCUT2D eigenvalue weighted by Crippen LogP contribution is 2.29. The Balaban J connectivity index is 1.88. The second-order valence-electron chi connectivity index (χ2n) is 7.78. The van der Waals surface area contributed by atoms with Crippen LogP contribution >= 0.6 is 0 Å². The van der Waals surface area contributed by atoms with E-state index in [2.05, 4.69) is 35.7 Å². The lowest BCUT2D eigenvalue weighted by molar-refractivity contribution is -0.117. The molecule has 0 spiro atoms. The van der Waals surface area contributed by atoms with E-state index in [9.17, 15) is 13.2 Å². The Hall–Kier alpha value is -1.44. The Morgan fingerprint density at radius 3 is 2.36 bits per heavy atom. The fourth-order valence-corrected chi connectivity index (χ4v) is 3.99. The van der Waals surface area contributed by atoms with Crippen molar-refractivity contribution < 1.29 is 13.2 Å². The van der Waals surface area contributed by atoms with Crippen LogP contribution in [0.2, 0.25) is 0 Å². The molecule has 1 fully saturated rings. The largest absolute Gasteiger partial charge is 0.325 e. The number of para-hydroxylation sites is 1. The normalized spacial score (nSPS) is 17.4. The van der Waals surface area contributed by atoms with Gasteiger partial charge in [0, 0.05) is 24.8 Å². The number of anilines is 1. The van der Waals surface area contributed by atoms with E-state index in [1.54, 1.807) is 0 Å². The summed E-state index contributed by atoms with van der Waals surface area (Å²) in [5.41, 5.74) is 1.92. The number of likely N-dealkylation sites (tertiary alicyclic amines) is 1. The number of sulfonamides is 1. The van der Waals surface area contributed by atoms with Gasteiger partial charge < -0.3 is 5.32 Å². The molecule has 1 aliphatic rings. The van der Waals surface area contributed by atoms with E-state index in [-0.39, 0.29) is 17.4 Å². The van der Waals surface area contributed by atoms with Gasteiger partial charge in [0.1, 0.15) is 0 Å². The molecule has 2 N–H and O–H groups in total. The second-order valence-corrected chi connectivity index (χ2v) is 9.56. The molecule has 1 saturated heterocycles. The van der Waals surface area contributed by atoms with Crippen LogP contribution < -0.4 is 10.0 Å². The molecule has 7 heteroatoms. The van der Waals surface area contributed by atoms with Gasteiger partial charge in [-0.2, -0.15) is 0 Å². The Bertz CT molecular complexity index is 703. The standard InChI is InChI=1S/C18H29N3O3S/c1-18(2,3)15-7-5-6-8-16(15)19-17(22)13-21-11-9-14(10-12-21)20-25(4,23)24/h5-8,14,20H,9-13H2,1-4H3,(H,19,22). The number of hydrogen-bond donors (Lipinski definition) is 2. The molecule has 1 aromatic rings. The second kappa shape index (κ2) is 7.85. The van der Waals surface area contributed by atoms with Gasteiger partial charge in [0.15, 0.2) is 0 Å². The van der Waals surface area contributed by atoms with Crippen molar-refractivity contribution >= 4 is 21.6 Å². The molecule has 0 bridgehead atoms. The monoisotopic (exact) mass is 367 g/mol. The first-order valence-corrected chi connectivity index (χ1v) is 10.5. The van der Waals surface area contributed by atoms with Crippen molar-refractivity contribution in [1.82, 2.24) is 9.62 Å². The van der Waals surface area contributed by atoms with E-state index in [0.717, 1.165) is 24.1 Å². The molecular formula is C18H29N3O3S. The van der Waals surface area contributed by atoms with Crippen LogP contribution in [0.4, 0.5) is 5.69 Å². The minimum atomic E-state index is -3.17. The third-order valence-electron chi connectivity index (χ3n) is 4.34. The number of piperidine rings is 1. The van der Waals surface area contributed by atoms with Gasteiger partial charge >= 0.3 is 0 Å². The predicted molar refractivity (Wildman–Crippen MR) is 101 cm³/mol. The summed E-state index contributed by atoms with van der Waals surface area (Å²) in [4.78, 5) is 14.5. The molecule has 2 rings (SSSR count). The molecule has 140 valence electrons. The van der Waals surface area contributed by atoms with Gasteiger partial charge in [-0.3, -0.25) is 9.69 Å². The van der Waals surface area contributed by atoms with Crippen molar-refractivity contribution in [3.8, 4) is 0 Å². The highest BCUT2D eigenvalue weighted by molar-refractivity contribution is 7.88. The third-order valence-corrected chi connectivity index (χ3v) is 5.11. The van der Waals surface area contributed by atoms with Gasteiger partial charge in [-0.1, -0.05) is 39.0 Å². The average molecular weight is 368 g/mol. The lowest BCUT2D eigenvalue weighted by Gasteiger charge is -2.31. The summed E-state index contributed by atoms with van der Waals surface area (Å²) in [7, 11) is -3.17. The van der Waals surface area contributed by atoms with Crippen LogP contribution in [0.15, 0.2) is 24.3 Å². The summed E-state index contributed by atoms with van der Waals surface area (Å²) in [6.07, 6.45) is 2.62. The molecule has 1 amide bonds. The number of hydrogen-bond acceptors (Lipinski definition) is 4. The summed E-state index contributed by atoms with van der Waals surface area (Å²) >= 11 is 0. The summed E-state index contributed by atoms with van der Waals surface area (Å²) in [6.45, 7) is 8.11. The van der Waals surface area contributed by atoms with Crippen LogP contribution in [-0.2, 0) is 20.2 Å². The Labute approximate surface area is 151 Å². The molecule has 0 unspecified atom stereocenters. The minimum Gasteiger partial charge on any atom is -0.325 e. The van der Waals surface area contributed by atoms with Crippen molar-refractivity contribution in [1.29, 1.82) is 0 Å². The van der Waals surface area contributed by atoms with E-state index in [1.165, 1.54) is 6.26 Å². The minimum absolute atomic E-state index is 0.0315. The predicted octanol–water partition coefficient (Wildman–Crippen LogP) is 1.94. The first-order chi connectivity index (χ1) is 11.5. The van der Waals surface area contributed by atoms with Gasteiger partial charge in [-0.25, -0.2) is 13.1 Å².